The SMILES string of the molecule is COc1ccccc1CN(C(=O)c1cccs1)[C@H](C(=O)NC1CCCCC1)c1ccccc1. The largest absolute Gasteiger partial charge is 0.496 e. The molecule has 0 bridgehead atoms. The van der Waals surface area contributed by atoms with Crippen LogP contribution in [0.2, 0.25) is 0 Å². The van der Waals surface area contributed by atoms with Crippen LogP contribution >= 0.6 is 11.3 Å². The summed E-state index contributed by atoms with van der Waals surface area (Å²) in [6, 6.07) is 20.3. The summed E-state index contributed by atoms with van der Waals surface area (Å²) >= 11 is 1.39. The molecule has 5 nitrogen and oxygen atoms in total. The number of nitrogens with one attached hydrogen (secondary N) is 1. The molecule has 1 aromatic heterocycles. The Morgan fingerprint density at radius 1 is 1.00 bits per heavy atom. The third-order valence-corrected chi connectivity index (χ3v) is 7.01. The van der Waals surface area contributed by atoms with Crippen LogP contribution in [0.15, 0.2) is 72.1 Å². The number of methoxy groups -OCH3 is 1. The minimum Gasteiger partial charge on any atom is -0.496 e. The van der Waals surface area contributed by atoms with Crippen LogP contribution in [0, 0.1) is 0 Å². The fourth-order valence-electron chi connectivity index (χ4n) is 4.47. The summed E-state index contributed by atoms with van der Waals surface area (Å²) in [6.07, 6.45) is 5.43. The van der Waals surface area contributed by atoms with Gasteiger partial charge in [-0.3, -0.25) is 9.59 Å². The van der Waals surface area contributed by atoms with Gasteiger partial charge in [0.25, 0.3) is 5.91 Å². The first-order valence-electron chi connectivity index (χ1n) is 11.5. The van der Waals surface area contributed by atoms with Crippen LogP contribution in [-0.2, 0) is 11.3 Å². The molecule has 1 atom stereocenters. The standard InChI is InChI=1S/C27H30N2O3S/c1-32-23-16-9-8-13-21(23)19-29(27(31)24-17-10-18-33-24)25(20-11-4-2-5-12-20)26(30)28-22-14-6-3-7-15-22/h2,4-5,8-13,16-18,22,25H,3,6-7,14-15,19H2,1H3,(H,28,30)/t25-/m0/s1. The smallest absolute Gasteiger partial charge is 0.265 e. The van der Waals surface area contributed by atoms with E-state index in [4.69, 9.17) is 4.74 Å². The number of benzene rings is 2. The van der Waals surface area contributed by atoms with Crippen molar-refractivity contribution in [1.82, 2.24) is 10.2 Å². The summed E-state index contributed by atoms with van der Waals surface area (Å²) in [7, 11) is 1.62. The highest BCUT2D eigenvalue weighted by Gasteiger charge is 2.34. The number of thiophene rings is 1. The highest BCUT2D eigenvalue weighted by Crippen LogP contribution is 2.30. The molecule has 172 valence electrons. The molecule has 1 saturated carbocycles. The van der Waals surface area contributed by atoms with E-state index >= 15 is 0 Å². The van der Waals surface area contributed by atoms with E-state index in [0.29, 0.717) is 10.6 Å². The lowest BCUT2D eigenvalue weighted by atomic mass is 9.94. The van der Waals surface area contributed by atoms with Gasteiger partial charge in [0.1, 0.15) is 11.8 Å². The van der Waals surface area contributed by atoms with Crippen molar-refractivity contribution >= 4 is 23.2 Å². The summed E-state index contributed by atoms with van der Waals surface area (Å²) in [6.45, 7) is 0.262. The Kier molecular flexibility index (Phi) is 7.79. The van der Waals surface area contributed by atoms with Gasteiger partial charge in [0.05, 0.1) is 18.5 Å². The molecular formula is C27H30N2O3S. The van der Waals surface area contributed by atoms with Crippen LogP contribution < -0.4 is 10.1 Å². The number of amides is 2. The van der Waals surface area contributed by atoms with Gasteiger partial charge in [0.15, 0.2) is 0 Å². The summed E-state index contributed by atoms with van der Waals surface area (Å²) < 4.78 is 5.55. The Morgan fingerprint density at radius 3 is 2.42 bits per heavy atom. The zero-order valence-corrected chi connectivity index (χ0v) is 19.7. The van der Waals surface area contributed by atoms with Gasteiger partial charge < -0.3 is 15.0 Å². The topological polar surface area (TPSA) is 58.6 Å². The lowest BCUT2D eigenvalue weighted by Crippen LogP contribution is -2.46. The highest BCUT2D eigenvalue weighted by molar-refractivity contribution is 7.12. The number of hydrogen-bond acceptors (Lipinski definition) is 4. The Balaban J connectivity index is 1.73. The van der Waals surface area contributed by atoms with Gasteiger partial charge in [-0.05, 0) is 35.9 Å². The third kappa shape index (κ3) is 5.63. The van der Waals surface area contributed by atoms with Crippen molar-refractivity contribution < 1.29 is 14.3 Å². The van der Waals surface area contributed by atoms with Gasteiger partial charge in [-0.2, -0.15) is 0 Å². The molecule has 1 N–H and O–H groups in total. The maximum atomic E-state index is 13.7. The minimum absolute atomic E-state index is 0.132. The molecule has 2 amide bonds. The molecule has 1 aliphatic carbocycles. The zero-order chi connectivity index (χ0) is 23.0. The normalized spacial score (nSPS) is 14.9. The molecule has 6 heteroatoms. The van der Waals surface area contributed by atoms with Gasteiger partial charge >= 0.3 is 0 Å². The molecular weight excluding hydrogens is 432 g/mol. The van der Waals surface area contributed by atoms with Crippen LogP contribution in [-0.4, -0.2) is 29.9 Å². The molecule has 4 rings (SSSR count). The van der Waals surface area contributed by atoms with Gasteiger partial charge in [0.2, 0.25) is 5.91 Å². The van der Waals surface area contributed by atoms with Crippen LogP contribution in [0.25, 0.3) is 0 Å². The predicted octanol–water partition coefficient (Wildman–Crippen LogP) is 5.59. The van der Waals surface area contributed by atoms with Crippen LogP contribution in [0.3, 0.4) is 0 Å². The molecule has 0 aliphatic heterocycles. The van der Waals surface area contributed by atoms with E-state index in [-0.39, 0.29) is 24.4 Å². The fourth-order valence-corrected chi connectivity index (χ4v) is 5.15. The number of ether oxygens (including phenoxy) is 1. The van der Waals surface area contributed by atoms with Crippen molar-refractivity contribution in [3.05, 3.63) is 88.1 Å². The van der Waals surface area contributed by atoms with E-state index in [2.05, 4.69) is 5.32 Å². The maximum Gasteiger partial charge on any atom is 0.265 e. The first-order valence-corrected chi connectivity index (χ1v) is 12.4. The molecule has 1 heterocycles. The van der Waals surface area contributed by atoms with Gasteiger partial charge in [-0.1, -0.05) is 73.9 Å². The third-order valence-electron chi connectivity index (χ3n) is 6.15. The molecule has 1 aliphatic rings. The van der Waals surface area contributed by atoms with Crippen molar-refractivity contribution in [2.24, 2.45) is 0 Å². The van der Waals surface area contributed by atoms with Crippen molar-refractivity contribution in [2.75, 3.05) is 7.11 Å². The average Bonchev–Trinajstić information content (AvgIpc) is 3.40. The fraction of sp³-hybridized carbons (Fsp3) is 0.333. The van der Waals surface area contributed by atoms with Crippen molar-refractivity contribution in [3.63, 3.8) is 0 Å². The van der Waals surface area contributed by atoms with Crippen molar-refractivity contribution in [1.29, 1.82) is 0 Å². The van der Waals surface area contributed by atoms with E-state index in [1.54, 1.807) is 12.0 Å². The molecule has 0 radical (unpaired) electrons. The minimum atomic E-state index is -0.743. The Hall–Kier alpha value is -3.12. The van der Waals surface area contributed by atoms with Gasteiger partial charge in [0, 0.05) is 11.6 Å². The van der Waals surface area contributed by atoms with Crippen LogP contribution in [0.4, 0.5) is 0 Å². The Labute approximate surface area is 199 Å². The first-order chi connectivity index (χ1) is 16.2. The van der Waals surface area contributed by atoms with Gasteiger partial charge in [-0.15, -0.1) is 11.3 Å². The Bertz CT molecular complexity index is 1050. The van der Waals surface area contributed by atoms with E-state index in [0.717, 1.165) is 36.8 Å². The Morgan fingerprint density at radius 2 is 1.73 bits per heavy atom. The molecule has 0 saturated heterocycles. The van der Waals surface area contributed by atoms with Gasteiger partial charge in [-0.25, -0.2) is 0 Å². The molecule has 33 heavy (non-hydrogen) atoms. The lowest BCUT2D eigenvalue weighted by Gasteiger charge is -2.33. The number of carbonyl (C=O) groups is 2. The van der Waals surface area contributed by atoms with Crippen molar-refractivity contribution in [2.45, 2.75) is 50.7 Å². The summed E-state index contributed by atoms with van der Waals surface area (Å²) in [4.78, 5) is 29.8. The average molecular weight is 463 g/mol. The lowest BCUT2D eigenvalue weighted by molar-refractivity contribution is -0.127. The zero-order valence-electron chi connectivity index (χ0n) is 18.9. The summed E-state index contributed by atoms with van der Waals surface area (Å²) in [5.41, 5.74) is 1.65. The van der Waals surface area contributed by atoms with Crippen LogP contribution in [0.1, 0.15) is 58.9 Å². The number of nitrogens with zero attached hydrogens (tertiary/aromatic N) is 1. The maximum absolute atomic E-state index is 13.7. The second-order valence-electron chi connectivity index (χ2n) is 8.38. The van der Waals surface area contributed by atoms with E-state index in [1.165, 1.54) is 17.8 Å². The second-order valence-corrected chi connectivity index (χ2v) is 9.33. The monoisotopic (exact) mass is 462 g/mol. The number of carbonyl (C=O) groups excluding carboxylic acids is 2. The first kappa shape index (κ1) is 23.1. The predicted molar refractivity (Wildman–Crippen MR) is 131 cm³/mol. The molecule has 1 fully saturated rings. The quantitative estimate of drug-likeness (QED) is 0.475. The molecule has 0 spiro atoms. The molecule has 2 aromatic carbocycles. The van der Waals surface area contributed by atoms with E-state index < -0.39 is 6.04 Å². The summed E-state index contributed by atoms with van der Waals surface area (Å²) in [5, 5.41) is 5.13. The highest BCUT2D eigenvalue weighted by atomic mass is 32.1. The van der Waals surface area contributed by atoms with E-state index in [1.807, 2.05) is 72.1 Å². The molecule has 0 unspecified atom stereocenters. The summed E-state index contributed by atoms with van der Waals surface area (Å²) in [5.74, 6) is 0.400. The van der Waals surface area contributed by atoms with Crippen LogP contribution in [0.5, 0.6) is 5.75 Å². The number of rotatable bonds is 8. The van der Waals surface area contributed by atoms with E-state index in [9.17, 15) is 9.59 Å². The van der Waals surface area contributed by atoms with Crippen molar-refractivity contribution in [3.8, 4) is 5.75 Å². The second kappa shape index (κ2) is 11.1. The number of hydrogen-bond donors (Lipinski definition) is 1. The molecule has 3 aromatic rings. The number of para-hydroxylation sites is 1.